The van der Waals surface area contributed by atoms with Crippen LogP contribution in [0.1, 0.15) is 27.0 Å². The van der Waals surface area contributed by atoms with Gasteiger partial charge in [-0.3, -0.25) is 9.59 Å². The number of allylic oxidation sites excluding steroid dienone is 1. The fourth-order valence-corrected chi connectivity index (χ4v) is 3.01. The lowest BCUT2D eigenvalue weighted by Crippen LogP contribution is -2.17. The summed E-state index contributed by atoms with van der Waals surface area (Å²) >= 11 is 0. The molecule has 0 unspecified atom stereocenters. The molecule has 2 aliphatic carbocycles. The van der Waals surface area contributed by atoms with E-state index in [0.29, 0.717) is 17.6 Å². The third kappa shape index (κ3) is 1.26. The average molecular weight is 246 g/mol. The summed E-state index contributed by atoms with van der Waals surface area (Å²) in [6, 6.07) is 15.3. The number of hydrogen-bond donors (Lipinski definition) is 0. The van der Waals surface area contributed by atoms with Crippen molar-refractivity contribution in [3.63, 3.8) is 0 Å². The molecule has 0 fully saturated rings. The molecule has 2 aromatic carbocycles. The molecule has 0 heterocycles. The third-order valence-electron chi connectivity index (χ3n) is 3.83. The van der Waals surface area contributed by atoms with Crippen molar-refractivity contribution in [1.29, 1.82) is 0 Å². The molecule has 0 aromatic heterocycles. The summed E-state index contributed by atoms with van der Waals surface area (Å²) in [6.45, 7) is 0. The second-order valence-corrected chi connectivity index (χ2v) is 4.88. The molecule has 2 aliphatic rings. The summed E-state index contributed by atoms with van der Waals surface area (Å²) in [5, 5.41) is 0. The first-order valence-corrected chi connectivity index (χ1v) is 6.27. The number of carbonyl (C=O) groups is 2. The highest BCUT2D eigenvalue weighted by atomic mass is 16.1. The highest BCUT2D eigenvalue weighted by Crippen LogP contribution is 2.42. The van der Waals surface area contributed by atoms with Crippen molar-refractivity contribution < 1.29 is 9.59 Å². The van der Waals surface area contributed by atoms with Gasteiger partial charge in [-0.1, -0.05) is 48.5 Å². The Morgan fingerprint density at radius 2 is 1.32 bits per heavy atom. The van der Waals surface area contributed by atoms with Crippen molar-refractivity contribution in [2.24, 2.45) is 0 Å². The van der Waals surface area contributed by atoms with Gasteiger partial charge in [-0.05, 0) is 16.7 Å². The molecule has 2 heteroatoms. The van der Waals surface area contributed by atoms with Crippen LogP contribution in [0.5, 0.6) is 0 Å². The molecule has 0 spiro atoms. The predicted octanol–water partition coefficient (Wildman–Crippen LogP) is 2.81. The van der Waals surface area contributed by atoms with E-state index in [1.165, 1.54) is 0 Å². The fourth-order valence-electron chi connectivity index (χ4n) is 3.01. The molecule has 0 N–H and O–H groups in total. The molecular formula is C17H10O2. The molecule has 2 nitrogen and oxygen atoms in total. The Bertz CT molecular complexity index is 781. The zero-order valence-electron chi connectivity index (χ0n) is 10.1. The van der Waals surface area contributed by atoms with Gasteiger partial charge in [0.2, 0.25) is 0 Å². The van der Waals surface area contributed by atoms with E-state index in [1.54, 1.807) is 6.07 Å². The van der Waals surface area contributed by atoms with E-state index in [2.05, 4.69) is 0 Å². The van der Waals surface area contributed by atoms with Gasteiger partial charge in [-0.15, -0.1) is 0 Å². The molecule has 0 radical (unpaired) electrons. The van der Waals surface area contributed by atoms with E-state index in [0.717, 1.165) is 22.3 Å². The number of fused-ring (bicyclic) bond motifs is 4. The Hall–Kier alpha value is -2.48. The standard InChI is InChI=1S/C17H10O2/c18-14-9-10-5-1-2-6-11(10)15-12-7-3-4-8-13(12)17(19)16(14)15/h1-8H,9H2. The molecular weight excluding hydrogens is 236 g/mol. The van der Waals surface area contributed by atoms with Crippen molar-refractivity contribution in [2.75, 3.05) is 0 Å². The first kappa shape index (κ1) is 10.4. The summed E-state index contributed by atoms with van der Waals surface area (Å²) in [5.74, 6) is -0.181. The molecule has 4 rings (SSSR count). The van der Waals surface area contributed by atoms with Gasteiger partial charge < -0.3 is 0 Å². The van der Waals surface area contributed by atoms with Crippen LogP contribution >= 0.6 is 0 Å². The minimum Gasteiger partial charge on any atom is -0.294 e. The largest absolute Gasteiger partial charge is 0.294 e. The maximum Gasteiger partial charge on any atom is 0.197 e. The quantitative estimate of drug-likeness (QED) is 0.670. The van der Waals surface area contributed by atoms with Crippen LogP contribution in [0.2, 0.25) is 0 Å². The predicted molar refractivity (Wildman–Crippen MR) is 71.9 cm³/mol. The van der Waals surface area contributed by atoms with Crippen LogP contribution in [0, 0.1) is 0 Å². The van der Waals surface area contributed by atoms with Crippen LogP contribution in [0.3, 0.4) is 0 Å². The third-order valence-corrected chi connectivity index (χ3v) is 3.83. The van der Waals surface area contributed by atoms with E-state index in [1.807, 2.05) is 42.5 Å². The first-order chi connectivity index (χ1) is 9.27. The molecule has 0 saturated carbocycles. The smallest absolute Gasteiger partial charge is 0.197 e. The van der Waals surface area contributed by atoms with Crippen LogP contribution < -0.4 is 0 Å². The molecule has 0 bridgehead atoms. The zero-order valence-corrected chi connectivity index (χ0v) is 10.1. The van der Waals surface area contributed by atoms with Gasteiger partial charge in [0, 0.05) is 17.6 Å². The SMILES string of the molecule is O=C1Cc2ccccc2C2=C1C(=O)c1ccccc12. The number of Topliss-reactive ketones (excluding diaryl/α,β-unsaturated/α-hetero) is 2. The number of hydrogen-bond acceptors (Lipinski definition) is 2. The fraction of sp³-hybridized carbons (Fsp3) is 0.0588. The monoisotopic (exact) mass is 246 g/mol. The molecule has 0 amide bonds. The van der Waals surface area contributed by atoms with Crippen LogP contribution in [-0.2, 0) is 11.2 Å². The summed E-state index contributed by atoms with van der Waals surface area (Å²) in [4.78, 5) is 24.6. The van der Waals surface area contributed by atoms with Gasteiger partial charge in [-0.25, -0.2) is 0 Å². The molecule has 90 valence electrons. The lowest BCUT2D eigenvalue weighted by atomic mass is 9.84. The van der Waals surface area contributed by atoms with Gasteiger partial charge in [-0.2, -0.15) is 0 Å². The van der Waals surface area contributed by atoms with Crippen molar-refractivity contribution in [1.82, 2.24) is 0 Å². The van der Waals surface area contributed by atoms with E-state index in [-0.39, 0.29) is 11.6 Å². The molecule has 0 saturated heterocycles. The molecule has 19 heavy (non-hydrogen) atoms. The number of rotatable bonds is 0. The lowest BCUT2D eigenvalue weighted by molar-refractivity contribution is -0.114. The Morgan fingerprint density at radius 3 is 2.11 bits per heavy atom. The van der Waals surface area contributed by atoms with Crippen molar-refractivity contribution in [3.05, 3.63) is 76.4 Å². The van der Waals surface area contributed by atoms with Crippen LogP contribution in [0.25, 0.3) is 5.57 Å². The molecule has 0 aliphatic heterocycles. The Labute approximate surface area is 110 Å². The Kier molecular flexibility index (Phi) is 1.93. The molecule has 2 aromatic rings. The van der Waals surface area contributed by atoms with Crippen molar-refractivity contribution >= 4 is 17.1 Å². The van der Waals surface area contributed by atoms with E-state index in [9.17, 15) is 9.59 Å². The van der Waals surface area contributed by atoms with Crippen LogP contribution in [0.4, 0.5) is 0 Å². The average Bonchev–Trinajstić information content (AvgIpc) is 2.74. The highest BCUT2D eigenvalue weighted by molar-refractivity contribution is 6.37. The van der Waals surface area contributed by atoms with Crippen LogP contribution in [0.15, 0.2) is 54.1 Å². The summed E-state index contributed by atoms with van der Waals surface area (Å²) in [6.07, 6.45) is 0.328. The Morgan fingerprint density at radius 1 is 0.684 bits per heavy atom. The lowest BCUT2D eigenvalue weighted by Gasteiger charge is -2.17. The summed E-state index contributed by atoms with van der Waals surface area (Å²) < 4.78 is 0. The van der Waals surface area contributed by atoms with Crippen LogP contribution in [-0.4, -0.2) is 11.6 Å². The van der Waals surface area contributed by atoms with E-state index >= 15 is 0 Å². The number of benzene rings is 2. The minimum atomic E-state index is -0.120. The maximum absolute atomic E-state index is 12.4. The van der Waals surface area contributed by atoms with Gasteiger partial charge >= 0.3 is 0 Å². The van der Waals surface area contributed by atoms with Crippen molar-refractivity contribution in [3.8, 4) is 0 Å². The second kappa shape index (κ2) is 3.51. The van der Waals surface area contributed by atoms with Crippen molar-refractivity contribution in [2.45, 2.75) is 6.42 Å². The number of ketones is 2. The summed E-state index contributed by atoms with van der Waals surface area (Å²) in [7, 11) is 0. The summed E-state index contributed by atoms with van der Waals surface area (Å²) in [5.41, 5.74) is 4.78. The molecule has 0 atom stereocenters. The topological polar surface area (TPSA) is 34.1 Å². The Balaban J connectivity index is 2.11. The number of carbonyl (C=O) groups excluding carboxylic acids is 2. The van der Waals surface area contributed by atoms with Gasteiger partial charge in [0.25, 0.3) is 0 Å². The van der Waals surface area contributed by atoms with Gasteiger partial charge in [0.05, 0.1) is 5.57 Å². The van der Waals surface area contributed by atoms with Gasteiger partial charge in [0.1, 0.15) is 0 Å². The zero-order chi connectivity index (χ0) is 13.0. The second-order valence-electron chi connectivity index (χ2n) is 4.88. The maximum atomic E-state index is 12.4. The van der Waals surface area contributed by atoms with E-state index < -0.39 is 0 Å². The van der Waals surface area contributed by atoms with Gasteiger partial charge in [0.15, 0.2) is 11.6 Å². The van der Waals surface area contributed by atoms with E-state index in [4.69, 9.17) is 0 Å². The first-order valence-electron chi connectivity index (χ1n) is 6.27. The normalized spacial score (nSPS) is 16.2. The minimum absolute atomic E-state index is 0.0603. The highest BCUT2D eigenvalue weighted by Gasteiger charge is 2.37.